The lowest BCUT2D eigenvalue weighted by Crippen LogP contribution is -2.18. The highest BCUT2D eigenvalue weighted by atomic mass is 19.1. The summed E-state index contributed by atoms with van der Waals surface area (Å²) < 4.78 is 18.8. The summed E-state index contributed by atoms with van der Waals surface area (Å²) in [5, 5.41) is 4.20. The van der Waals surface area contributed by atoms with Gasteiger partial charge in [-0.05, 0) is 43.1 Å². The minimum absolute atomic E-state index is 0.219. The molecule has 1 aromatic carbocycles. The Labute approximate surface area is 101 Å². The second-order valence-corrected chi connectivity index (χ2v) is 4.82. The Kier molecular flexibility index (Phi) is 3.48. The molecule has 0 saturated heterocycles. The molecule has 0 fully saturated rings. The molecular weight excluding hydrogens is 217 g/mol. The van der Waals surface area contributed by atoms with E-state index in [0.29, 0.717) is 12.5 Å². The molecule has 1 heterocycles. The van der Waals surface area contributed by atoms with Crippen molar-refractivity contribution in [2.24, 2.45) is 5.92 Å². The molecule has 0 atom stereocenters. The maximum Gasteiger partial charge on any atom is 0.134 e. The molecular formula is C14H18FNO. The van der Waals surface area contributed by atoms with E-state index in [0.717, 1.165) is 28.8 Å². The van der Waals surface area contributed by atoms with Gasteiger partial charge in [0.05, 0.1) is 6.54 Å². The van der Waals surface area contributed by atoms with Gasteiger partial charge in [-0.1, -0.05) is 13.8 Å². The molecule has 0 spiro atoms. The molecule has 2 aromatic rings. The van der Waals surface area contributed by atoms with Crippen molar-refractivity contribution in [3.05, 3.63) is 35.3 Å². The van der Waals surface area contributed by atoms with Crippen molar-refractivity contribution in [1.82, 2.24) is 5.32 Å². The highest BCUT2D eigenvalue weighted by Crippen LogP contribution is 2.25. The monoisotopic (exact) mass is 235 g/mol. The van der Waals surface area contributed by atoms with Crippen LogP contribution in [0.4, 0.5) is 4.39 Å². The predicted octanol–water partition coefficient (Wildman–Crippen LogP) is 3.63. The lowest BCUT2D eigenvalue weighted by Gasteiger charge is -2.05. The van der Waals surface area contributed by atoms with Crippen molar-refractivity contribution in [2.45, 2.75) is 27.3 Å². The maximum absolute atomic E-state index is 13.1. The first-order valence-corrected chi connectivity index (χ1v) is 5.96. The van der Waals surface area contributed by atoms with E-state index in [-0.39, 0.29) is 5.82 Å². The van der Waals surface area contributed by atoms with E-state index < -0.39 is 0 Å². The fourth-order valence-corrected chi connectivity index (χ4v) is 1.89. The fraction of sp³-hybridized carbons (Fsp3) is 0.429. The second-order valence-electron chi connectivity index (χ2n) is 4.82. The molecule has 0 radical (unpaired) electrons. The van der Waals surface area contributed by atoms with Crippen molar-refractivity contribution < 1.29 is 8.81 Å². The van der Waals surface area contributed by atoms with Gasteiger partial charge in [0.2, 0.25) is 0 Å². The normalized spacial score (nSPS) is 11.6. The third kappa shape index (κ3) is 2.67. The van der Waals surface area contributed by atoms with E-state index in [1.807, 2.05) is 6.92 Å². The third-order valence-corrected chi connectivity index (χ3v) is 2.84. The van der Waals surface area contributed by atoms with Crippen molar-refractivity contribution >= 4 is 11.0 Å². The quantitative estimate of drug-likeness (QED) is 0.875. The lowest BCUT2D eigenvalue weighted by molar-refractivity contribution is 0.482. The van der Waals surface area contributed by atoms with Gasteiger partial charge < -0.3 is 9.73 Å². The highest BCUT2D eigenvalue weighted by Gasteiger charge is 2.10. The summed E-state index contributed by atoms with van der Waals surface area (Å²) in [6.07, 6.45) is 0. The smallest absolute Gasteiger partial charge is 0.134 e. The summed E-state index contributed by atoms with van der Waals surface area (Å²) in [6, 6.07) is 4.64. The average Bonchev–Trinajstić information content (AvgIpc) is 2.56. The van der Waals surface area contributed by atoms with E-state index in [2.05, 4.69) is 19.2 Å². The van der Waals surface area contributed by atoms with Crippen molar-refractivity contribution in [3.8, 4) is 0 Å². The molecule has 2 rings (SSSR count). The van der Waals surface area contributed by atoms with Crippen LogP contribution in [0.1, 0.15) is 25.2 Å². The van der Waals surface area contributed by atoms with Crippen LogP contribution in [-0.2, 0) is 6.54 Å². The van der Waals surface area contributed by atoms with Gasteiger partial charge in [-0.25, -0.2) is 4.39 Å². The Hall–Kier alpha value is -1.35. The molecule has 3 heteroatoms. The van der Waals surface area contributed by atoms with E-state index in [1.54, 1.807) is 6.07 Å². The number of nitrogens with one attached hydrogen (secondary N) is 1. The molecule has 0 amide bonds. The number of benzene rings is 1. The van der Waals surface area contributed by atoms with Crippen LogP contribution in [0.5, 0.6) is 0 Å². The Morgan fingerprint density at radius 1 is 1.35 bits per heavy atom. The molecule has 0 saturated carbocycles. The average molecular weight is 235 g/mol. The summed E-state index contributed by atoms with van der Waals surface area (Å²) in [5.74, 6) is 1.28. The topological polar surface area (TPSA) is 25.2 Å². The van der Waals surface area contributed by atoms with Crippen LogP contribution < -0.4 is 5.32 Å². The molecule has 1 aromatic heterocycles. The van der Waals surface area contributed by atoms with Crippen LogP contribution in [0.25, 0.3) is 11.0 Å². The van der Waals surface area contributed by atoms with Gasteiger partial charge in [0.15, 0.2) is 0 Å². The number of furan rings is 1. The lowest BCUT2D eigenvalue weighted by atomic mass is 10.1. The van der Waals surface area contributed by atoms with E-state index in [1.165, 1.54) is 12.1 Å². The van der Waals surface area contributed by atoms with Crippen LogP contribution in [0.2, 0.25) is 0 Å². The van der Waals surface area contributed by atoms with Gasteiger partial charge in [-0.3, -0.25) is 0 Å². The van der Waals surface area contributed by atoms with Crippen LogP contribution in [0.15, 0.2) is 22.6 Å². The SMILES string of the molecule is Cc1c(CNCC(C)C)oc2ccc(F)cc12. The predicted molar refractivity (Wildman–Crippen MR) is 67.5 cm³/mol. The van der Waals surface area contributed by atoms with Gasteiger partial charge in [0, 0.05) is 5.39 Å². The number of halogens is 1. The van der Waals surface area contributed by atoms with Crippen molar-refractivity contribution in [2.75, 3.05) is 6.54 Å². The zero-order chi connectivity index (χ0) is 12.4. The summed E-state index contributed by atoms with van der Waals surface area (Å²) in [7, 11) is 0. The standard InChI is InChI=1S/C14H18FNO/c1-9(2)7-16-8-14-10(3)12-6-11(15)4-5-13(12)17-14/h4-6,9,16H,7-8H2,1-3H3. The van der Waals surface area contributed by atoms with E-state index in [9.17, 15) is 4.39 Å². The first-order valence-electron chi connectivity index (χ1n) is 5.96. The Morgan fingerprint density at radius 3 is 2.82 bits per heavy atom. The van der Waals surface area contributed by atoms with Crippen LogP contribution in [-0.4, -0.2) is 6.54 Å². The molecule has 0 aliphatic heterocycles. The highest BCUT2D eigenvalue weighted by molar-refractivity contribution is 5.82. The maximum atomic E-state index is 13.1. The Morgan fingerprint density at radius 2 is 2.12 bits per heavy atom. The molecule has 2 nitrogen and oxygen atoms in total. The van der Waals surface area contributed by atoms with Crippen molar-refractivity contribution in [3.63, 3.8) is 0 Å². The largest absolute Gasteiger partial charge is 0.459 e. The third-order valence-electron chi connectivity index (χ3n) is 2.84. The van der Waals surface area contributed by atoms with Gasteiger partial charge in [0.25, 0.3) is 0 Å². The molecule has 0 unspecified atom stereocenters. The zero-order valence-corrected chi connectivity index (χ0v) is 10.5. The van der Waals surface area contributed by atoms with E-state index in [4.69, 9.17) is 4.42 Å². The summed E-state index contributed by atoms with van der Waals surface area (Å²) in [4.78, 5) is 0. The van der Waals surface area contributed by atoms with Gasteiger partial charge in [-0.15, -0.1) is 0 Å². The molecule has 1 N–H and O–H groups in total. The summed E-state index contributed by atoms with van der Waals surface area (Å²) >= 11 is 0. The molecule has 92 valence electrons. The minimum Gasteiger partial charge on any atom is -0.459 e. The summed E-state index contributed by atoms with van der Waals surface area (Å²) in [6.45, 7) is 7.94. The van der Waals surface area contributed by atoms with Crippen LogP contribution in [0, 0.1) is 18.7 Å². The van der Waals surface area contributed by atoms with Gasteiger partial charge in [0.1, 0.15) is 17.2 Å². The molecule has 0 aliphatic carbocycles. The minimum atomic E-state index is -0.219. The molecule has 0 bridgehead atoms. The number of hydrogen-bond acceptors (Lipinski definition) is 2. The van der Waals surface area contributed by atoms with Crippen molar-refractivity contribution in [1.29, 1.82) is 0 Å². The van der Waals surface area contributed by atoms with Crippen LogP contribution >= 0.6 is 0 Å². The van der Waals surface area contributed by atoms with Gasteiger partial charge in [-0.2, -0.15) is 0 Å². The number of fused-ring (bicyclic) bond motifs is 1. The van der Waals surface area contributed by atoms with Crippen LogP contribution in [0.3, 0.4) is 0 Å². The Bertz CT molecular complexity index is 516. The molecule has 17 heavy (non-hydrogen) atoms. The number of hydrogen-bond donors (Lipinski definition) is 1. The fourth-order valence-electron chi connectivity index (χ4n) is 1.89. The van der Waals surface area contributed by atoms with Gasteiger partial charge >= 0.3 is 0 Å². The Balaban J connectivity index is 2.20. The van der Waals surface area contributed by atoms with E-state index >= 15 is 0 Å². The zero-order valence-electron chi connectivity index (χ0n) is 10.5. The first-order chi connectivity index (χ1) is 8.08. The number of rotatable bonds is 4. The second kappa shape index (κ2) is 4.88. The summed E-state index contributed by atoms with van der Waals surface area (Å²) in [5.41, 5.74) is 1.78. The first kappa shape index (κ1) is 12.1. The number of aryl methyl sites for hydroxylation is 1. The molecule has 0 aliphatic rings.